The maximum absolute atomic E-state index is 13.9. The van der Waals surface area contributed by atoms with Gasteiger partial charge in [0.05, 0.1) is 12.2 Å². The molecule has 1 aromatic rings. The number of hydrogen-bond acceptors (Lipinski definition) is 3. The number of aliphatic imine (C=N–C) groups is 1. The van der Waals surface area contributed by atoms with Gasteiger partial charge in [-0.2, -0.15) is 0 Å². The van der Waals surface area contributed by atoms with E-state index in [9.17, 15) is 13.6 Å². The largest absolute Gasteiger partial charge is 0.340 e. The summed E-state index contributed by atoms with van der Waals surface area (Å²) in [6.07, 6.45) is 0. The molecule has 8 heteroatoms. The predicted molar refractivity (Wildman–Crippen MR) is 85.9 cm³/mol. The zero-order chi connectivity index (χ0) is 14.7. The number of thioether (sulfide) groups is 1. The van der Waals surface area contributed by atoms with E-state index in [1.54, 1.807) is 0 Å². The zero-order valence-corrected chi connectivity index (χ0v) is 13.5. The van der Waals surface area contributed by atoms with Crippen LogP contribution in [0, 0.1) is 11.6 Å². The molecule has 20 heavy (non-hydrogen) atoms. The van der Waals surface area contributed by atoms with Crippen LogP contribution >= 0.6 is 34.4 Å². The summed E-state index contributed by atoms with van der Waals surface area (Å²) in [6.45, 7) is 0.583. The molecule has 1 aliphatic heterocycles. The van der Waals surface area contributed by atoms with Crippen LogP contribution in [0.25, 0.3) is 0 Å². The Morgan fingerprint density at radius 3 is 2.90 bits per heavy atom. The molecule has 0 saturated heterocycles. The lowest BCUT2D eigenvalue weighted by atomic mass is 10.3. The van der Waals surface area contributed by atoms with Crippen LogP contribution in [0.1, 0.15) is 0 Å². The third-order valence-corrected chi connectivity index (χ3v) is 5.47. The number of hydrogen-bond donors (Lipinski definition) is 1. The van der Waals surface area contributed by atoms with Crippen LogP contribution in [-0.2, 0) is 0 Å². The second-order valence-electron chi connectivity index (χ2n) is 4.00. The van der Waals surface area contributed by atoms with Gasteiger partial charge in [-0.15, -0.1) is 0 Å². The number of carbonyl (C=O) groups excluding carboxylic acids is 1. The van der Waals surface area contributed by atoms with Crippen LogP contribution in [0.15, 0.2) is 23.2 Å². The van der Waals surface area contributed by atoms with Crippen molar-refractivity contribution in [3.63, 3.8) is 0 Å². The quantitative estimate of drug-likeness (QED) is 0.601. The number of alkyl halides is 1. The molecule has 1 aliphatic rings. The van der Waals surface area contributed by atoms with Crippen molar-refractivity contribution in [1.82, 2.24) is 5.32 Å². The van der Waals surface area contributed by atoms with Gasteiger partial charge in [0, 0.05) is 22.8 Å². The Morgan fingerprint density at radius 1 is 1.60 bits per heavy atom. The summed E-state index contributed by atoms with van der Waals surface area (Å²) >= 11 is 3.66. The Bertz CT molecular complexity index is 556. The molecule has 4 nitrogen and oxygen atoms in total. The fraction of sp³-hybridized carbons (Fsp3) is 0.333. The highest BCUT2D eigenvalue weighted by Crippen LogP contribution is 2.30. The van der Waals surface area contributed by atoms with E-state index in [1.807, 2.05) is 0 Å². The molecule has 0 unspecified atom stereocenters. The first-order valence-electron chi connectivity index (χ1n) is 5.80. The molecule has 1 aromatic carbocycles. The Kier molecular flexibility index (Phi) is 5.19. The number of benzene rings is 1. The zero-order valence-electron chi connectivity index (χ0n) is 10.6. The molecule has 0 bridgehead atoms. The number of anilines is 1. The van der Waals surface area contributed by atoms with Gasteiger partial charge >= 0.3 is 6.03 Å². The summed E-state index contributed by atoms with van der Waals surface area (Å²) in [6, 6.07) is 2.60. The van der Waals surface area contributed by atoms with E-state index in [2.05, 4.69) is 32.9 Å². The lowest BCUT2D eigenvalue weighted by Gasteiger charge is -2.22. The fourth-order valence-electron chi connectivity index (χ4n) is 1.68. The molecule has 108 valence electrons. The molecule has 1 heterocycles. The third-order valence-electron chi connectivity index (χ3n) is 2.63. The first-order valence-corrected chi connectivity index (χ1v) is 8.21. The van der Waals surface area contributed by atoms with Gasteiger partial charge in [0.15, 0.2) is 5.17 Å². The maximum atomic E-state index is 13.9. The van der Waals surface area contributed by atoms with Crippen LogP contribution in [0.5, 0.6) is 0 Å². The number of halogens is 3. The Hall–Kier alpha value is -0.900. The first-order chi connectivity index (χ1) is 9.56. The summed E-state index contributed by atoms with van der Waals surface area (Å²) in [4.78, 5) is 17.4. The highest BCUT2D eigenvalue weighted by molar-refractivity contribution is 14.1. The normalized spacial score (nSPS) is 17.8. The van der Waals surface area contributed by atoms with Gasteiger partial charge in [-0.25, -0.2) is 18.5 Å². The summed E-state index contributed by atoms with van der Waals surface area (Å²) in [5.74, 6) is -1.48. The Morgan fingerprint density at radius 2 is 2.35 bits per heavy atom. The summed E-state index contributed by atoms with van der Waals surface area (Å²) in [5, 5.41) is 3.14. The lowest BCUT2D eigenvalue weighted by Crippen LogP contribution is -2.41. The van der Waals surface area contributed by atoms with Crippen molar-refractivity contribution in [2.24, 2.45) is 4.99 Å². The number of urea groups is 1. The second kappa shape index (κ2) is 6.70. The van der Waals surface area contributed by atoms with E-state index in [0.29, 0.717) is 11.7 Å². The van der Waals surface area contributed by atoms with E-state index in [-0.39, 0.29) is 10.9 Å². The van der Waals surface area contributed by atoms with Crippen LogP contribution in [0.2, 0.25) is 0 Å². The van der Waals surface area contributed by atoms with Crippen LogP contribution < -0.4 is 10.2 Å². The van der Waals surface area contributed by atoms with Crippen molar-refractivity contribution < 1.29 is 13.6 Å². The second-order valence-corrected chi connectivity index (χ2v) is 6.15. The summed E-state index contributed by atoms with van der Waals surface area (Å²) < 4.78 is 27.8. The van der Waals surface area contributed by atoms with Gasteiger partial charge in [0.2, 0.25) is 0 Å². The van der Waals surface area contributed by atoms with E-state index in [4.69, 9.17) is 0 Å². The van der Waals surface area contributed by atoms with Crippen molar-refractivity contribution in [2.75, 3.05) is 22.9 Å². The molecule has 0 fully saturated rings. The minimum Gasteiger partial charge on any atom is -0.340 e. The van der Waals surface area contributed by atoms with Crippen molar-refractivity contribution >= 4 is 51.2 Å². The number of nitrogens with zero attached hydrogens (tertiary/aromatic N) is 2. The number of amidine groups is 1. The average Bonchev–Trinajstić information content (AvgIpc) is 2.89. The molecule has 0 saturated carbocycles. The van der Waals surface area contributed by atoms with E-state index in [0.717, 1.165) is 21.5 Å². The molecule has 2 rings (SSSR count). The molecular formula is C12H12F2IN3OS. The maximum Gasteiger partial charge on any atom is 0.327 e. The minimum absolute atomic E-state index is 0.00823. The molecular weight excluding hydrogens is 399 g/mol. The van der Waals surface area contributed by atoms with Gasteiger partial charge in [-0.1, -0.05) is 34.4 Å². The van der Waals surface area contributed by atoms with E-state index >= 15 is 0 Å². The van der Waals surface area contributed by atoms with Crippen molar-refractivity contribution in [3.8, 4) is 0 Å². The predicted octanol–water partition coefficient (Wildman–Crippen LogP) is 3.02. The SMILES string of the molecule is CNC(=O)N(C1=NC[C@H](CI)S1)c1ccc(F)cc1F. The van der Waals surface area contributed by atoms with Gasteiger partial charge < -0.3 is 5.32 Å². The highest BCUT2D eigenvalue weighted by Gasteiger charge is 2.29. The van der Waals surface area contributed by atoms with Crippen LogP contribution in [0.3, 0.4) is 0 Å². The standard InChI is InChI=1S/C12H12F2IN3OS/c1-16-11(19)18(12-17-6-8(5-15)20-12)10-3-2-7(13)4-9(10)14/h2-4,8H,5-6H2,1H3,(H,16,19)/t8-/m0/s1. The third kappa shape index (κ3) is 3.22. The smallest absolute Gasteiger partial charge is 0.327 e. The molecule has 0 aromatic heterocycles. The van der Waals surface area contributed by atoms with Crippen molar-refractivity contribution in [1.29, 1.82) is 0 Å². The first kappa shape index (κ1) is 15.5. The van der Waals surface area contributed by atoms with Gasteiger partial charge in [-0.05, 0) is 12.1 Å². The number of carbonyl (C=O) groups is 1. The Labute approximate surface area is 133 Å². The van der Waals surface area contributed by atoms with Crippen LogP contribution in [-0.4, -0.2) is 34.5 Å². The molecule has 1 N–H and O–H groups in total. The number of rotatable bonds is 2. The van der Waals surface area contributed by atoms with Crippen molar-refractivity contribution in [2.45, 2.75) is 5.25 Å². The fourth-order valence-corrected chi connectivity index (χ4v) is 3.44. The lowest BCUT2D eigenvalue weighted by molar-refractivity contribution is 0.251. The number of amides is 2. The Balaban J connectivity index is 2.36. The molecule has 2 amide bonds. The number of nitrogens with one attached hydrogen (secondary N) is 1. The molecule has 0 aliphatic carbocycles. The summed E-state index contributed by atoms with van der Waals surface area (Å²) in [5.41, 5.74) is -0.00823. The highest BCUT2D eigenvalue weighted by atomic mass is 127. The van der Waals surface area contributed by atoms with Gasteiger partial charge in [0.1, 0.15) is 11.6 Å². The minimum atomic E-state index is -0.796. The van der Waals surface area contributed by atoms with Gasteiger partial charge in [-0.3, -0.25) is 4.99 Å². The molecule has 1 atom stereocenters. The monoisotopic (exact) mass is 411 g/mol. The van der Waals surface area contributed by atoms with Crippen LogP contribution in [0.4, 0.5) is 19.3 Å². The molecule has 0 radical (unpaired) electrons. The van der Waals surface area contributed by atoms with Gasteiger partial charge in [0.25, 0.3) is 0 Å². The summed E-state index contributed by atoms with van der Waals surface area (Å²) in [7, 11) is 1.45. The molecule has 0 spiro atoms. The average molecular weight is 411 g/mol. The van der Waals surface area contributed by atoms with E-state index < -0.39 is 17.7 Å². The topological polar surface area (TPSA) is 44.7 Å². The van der Waals surface area contributed by atoms with Crippen molar-refractivity contribution in [3.05, 3.63) is 29.8 Å². The van der Waals surface area contributed by atoms with E-state index in [1.165, 1.54) is 24.9 Å².